The van der Waals surface area contributed by atoms with E-state index in [-0.39, 0.29) is 24.2 Å². The minimum atomic E-state index is -0.571. The standard InChI is InChI=1S/C17H18FN3O2/c1-19-15(22)11-20-16(12-5-3-2-4-6-12)17(23)21-14-9-7-13(18)8-10-14/h2-10,16,20H,11H2,1H3,(H,19,22)(H,21,23)/p+1/t16-/m1/s1. The van der Waals surface area contributed by atoms with Gasteiger partial charge in [0.2, 0.25) is 0 Å². The average Bonchev–Trinajstić information content (AvgIpc) is 2.58. The van der Waals surface area contributed by atoms with Crippen molar-refractivity contribution in [3.8, 4) is 0 Å². The molecule has 2 aromatic rings. The van der Waals surface area contributed by atoms with Crippen LogP contribution in [0.1, 0.15) is 11.6 Å². The molecule has 0 radical (unpaired) electrons. The van der Waals surface area contributed by atoms with Gasteiger partial charge in [-0.3, -0.25) is 9.59 Å². The van der Waals surface area contributed by atoms with Gasteiger partial charge in [-0.05, 0) is 24.3 Å². The Bertz CT molecular complexity index is 659. The van der Waals surface area contributed by atoms with Crippen LogP contribution in [-0.2, 0) is 9.59 Å². The predicted octanol–water partition coefficient (Wildman–Crippen LogP) is 0.815. The van der Waals surface area contributed by atoms with Crippen LogP contribution in [0.15, 0.2) is 54.6 Å². The van der Waals surface area contributed by atoms with Gasteiger partial charge in [-0.1, -0.05) is 30.3 Å². The zero-order chi connectivity index (χ0) is 16.7. The molecule has 0 aromatic heterocycles. The molecule has 0 aliphatic rings. The van der Waals surface area contributed by atoms with Crippen LogP contribution in [-0.4, -0.2) is 25.4 Å². The van der Waals surface area contributed by atoms with Gasteiger partial charge in [-0.2, -0.15) is 0 Å². The summed E-state index contributed by atoms with van der Waals surface area (Å²) in [6, 6.07) is 14.2. The second-order valence-corrected chi connectivity index (χ2v) is 5.00. The Balaban J connectivity index is 2.13. The van der Waals surface area contributed by atoms with E-state index < -0.39 is 6.04 Å². The number of hydrogen-bond donors (Lipinski definition) is 3. The minimum Gasteiger partial charge on any atom is -0.354 e. The number of rotatable bonds is 6. The Morgan fingerprint density at radius 3 is 2.35 bits per heavy atom. The minimum absolute atomic E-state index is 0.132. The van der Waals surface area contributed by atoms with E-state index in [2.05, 4.69) is 10.6 Å². The summed E-state index contributed by atoms with van der Waals surface area (Å²) < 4.78 is 12.9. The van der Waals surface area contributed by atoms with Gasteiger partial charge in [-0.15, -0.1) is 0 Å². The lowest BCUT2D eigenvalue weighted by atomic mass is 10.1. The largest absolute Gasteiger partial charge is 0.354 e. The molecule has 0 aliphatic carbocycles. The third-order valence-corrected chi connectivity index (χ3v) is 3.37. The smallest absolute Gasteiger partial charge is 0.287 e. The number of benzene rings is 2. The van der Waals surface area contributed by atoms with Gasteiger partial charge in [-0.25, -0.2) is 4.39 Å². The molecule has 0 saturated carbocycles. The van der Waals surface area contributed by atoms with Crippen LogP contribution in [0.5, 0.6) is 0 Å². The molecule has 120 valence electrons. The molecular weight excluding hydrogens is 297 g/mol. The van der Waals surface area contributed by atoms with E-state index in [1.165, 1.54) is 24.3 Å². The van der Waals surface area contributed by atoms with Crippen LogP contribution >= 0.6 is 0 Å². The van der Waals surface area contributed by atoms with Gasteiger partial charge in [0.05, 0.1) is 0 Å². The third-order valence-electron chi connectivity index (χ3n) is 3.37. The fraction of sp³-hybridized carbons (Fsp3) is 0.176. The zero-order valence-electron chi connectivity index (χ0n) is 12.8. The Hall–Kier alpha value is -2.73. The molecule has 0 saturated heterocycles. The quantitative estimate of drug-likeness (QED) is 0.738. The number of carbonyl (C=O) groups is 2. The predicted molar refractivity (Wildman–Crippen MR) is 85.1 cm³/mol. The van der Waals surface area contributed by atoms with Gasteiger partial charge < -0.3 is 16.0 Å². The van der Waals surface area contributed by atoms with E-state index in [1.807, 2.05) is 30.3 Å². The normalized spacial score (nSPS) is 11.6. The first-order valence-corrected chi connectivity index (χ1v) is 7.25. The monoisotopic (exact) mass is 316 g/mol. The molecule has 2 amide bonds. The molecular formula is C17H19FN3O2+. The molecule has 0 fully saturated rings. The first-order chi connectivity index (χ1) is 11.1. The van der Waals surface area contributed by atoms with E-state index >= 15 is 0 Å². The Morgan fingerprint density at radius 2 is 1.74 bits per heavy atom. The summed E-state index contributed by atoms with van der Waals surface area (Å²) in [4.78, 5) is 24.0. The van der Waals surface area contributed by atoms with Crippen molar-refractivity contribution in [3.63, 3.8) is 0 Å². The zero-order valence-corrected chi connectivity index (χ0v) is 12.8. The molecule has 2 rings (SSSR count). The number of quaternary nitrogens is 1. The maximum absolute atomic E-state index is 12.9. The summed E-state index contributed by atoms with van der Waals surface area (Å²) in [5, 5.41) is 6.92. The van der Waals surface area contributed by atoms with Crippen LogP contribution in [0.2, 0.25) is 0 Å². The van der Waals surface area contributed by atoms with Crippen LogP contribution in [0.25, 0.3) is 0 Å². The number of likely N-dealkylation sites (N-methyl/N-ethyl adjacent to an activating group) is 1. The molecule has 0 aliphatic heterocycles. The first kappa shape index (κ1) is 16.6. The second kappa shape index (κ2) is 8.05. The van der Waals surface area contributed by atoms with Crippen LogP contribution in [0.4, 0.5) is 10.1 Å². The SMILES string of the molecule is CNC(=O)C[NH2+][C@@H](C(=O)Nc1ccc(F)cc1)c1ccccc1. The Kier molecular flexibility index (Phi) is 5.82. The van der Waals surface area contributed by atoms with Crippen molar-refractivity contribution < 1.29 is 19.3 Å². The highest BCUT2D eigenvalue weighted by Gasteiger charge is 2.24. The maximum Gasteiger partial charge on any atom is 0.287 e. The average molecular weight is 316 g/mol. The Labute approximate surface area is 133 Å². The second-order valence-electron chi connectivity index (χ2n) is 5.00. The van der Waals surface area contributed by atoms with Gasteiger partial charge in [0.15, 0.2) is 12.6 Å². The number of halogens is 1. The van der Waals surface area contributed by atoms with Crippen molar-refractivity contribution in [2.24, 2.45) is 0 Å². The summed E-state index contributed by atoms with van der Waals surface area (Å²) in [5.41, 5.74) is 1.29. The molecule has 23 heavy (non-hydrogen) atoms. The summed E-state index contributed by atoms with van der Waals surface area (Å²) in [7, 11) is 1.55. The van der Waals surface area contributed by atoms with Crippen LogP contribution in [0, 0.1) is 5.82 Å². The van der Waals surface area contributed by atoms with Gasteiger partial charge in [0.25, 0.3) is 11.8 Å². The van der Waals surface area contributed by atoms with Crippen LogP contribution in [0.3, 0.4) is 0 Å². The molecule has 0 unspecified atom stereocenters. The number of nitrogens with one attached hydrogen (secondary N) is 2. The summed E-state index contributed by atoms with van der Waals surface area (Å²) in [6.07, 6.45) is 0. The highest BCUT2D eigenvalue weighted by molar-refractivity contribution is 5.94. The van der Waals surface area contributed by atoms with Gasteiger partial charge in [0, 0.05) is 18.3 Å². The molecule has 5 nitrogen and oxygen atoms in total. The van der Waals surface area contributed by atoms with E-state index in [1.54, 1.807) is 12.4 Å². The molecule has 0 bridgehead atoms. The number of carbonyl (C=O) groups excluding carboxylic acids is 2. The van der Waals surface area contributed by atoms with Crippen molar-refractivity contribution in [3.05, 3.63) is 66.0 Å². The number of hydrogen-bond acceptors (Lipinski definition) is 2. The molecule has 0 spiro atoms. The van der Waals surface area contributed by atoms with E-state index in [0.29, 0.717) is 5.69 Å². The number of amides is 2. The number of nitrogens with two attached hydrogens (primary N) is 1. The fourth-order valence-corrected chi connectivity index (χ4v) is 2.14. The Morgan fingerprint density at radius 1 is 1.09 bits per heavy atom. The van der Waals surface area contributed by atoms with E-state index in [0.717, 1.165) is 5.56 Å². The number of anilines is 1. The summed E-state index contributed by atoms with van der Waals surface area (Å²) >= 11 is 0. The molecule has 4 N–H and O–H groups in total. The maximum atomic E-state index is 12.9. The van der Waals surface area contributed by atoms with Crippen molar-refractivity contribution in [2.45, 2.75) is 6.04 Å². The summed E-state index contributed by atoms with van der Waals surface area (Å²) in [5.74, 6) is -0.805. The molecule has 2 aromatic carbocycles. The van der Waals surface area contributed by atoms with Crippen LogP contribution < -0.4 is 16.0 Å². The van der Waals surface area contributed by atoms with Crippen molar-refractivity contribution in [2.75, 3.05) is 18.9 Å². The molecule has 6 heteroatoms. The summed E-state index contributed by atoms with van der Waals surface area (Å²) in [6.45, 7) is 0.132. The molecule has 0 heterocycles. The lowest BCUT2D eigenvalue weighted by molar-refractivity contribution is -0.672. The topological polar surface area (TPSA) is 74.8 Å². The van der Waals surface area contributed by atoms with Gasteiger partial charge in [0.1, 0.15) is 5.82 Å². The van der Waals surface area contributed by atoms with E-state index in [9.17, 15) is 14.0 Å². The van der Waals surface area contributed by atoms with Crippen molar-refractivity contribution in [1.29, 1.82) is 0 Å². The molecule has 1 atom stereocenters. The van der Waals surface area contributed by atoms with E-state index in [4.69, 9.17) is 0 Å². The lowest BCUT2D eigenvalue weighted by Gasteiger charge is -2.15. The van der Waals surface area contributed by atoms with Gasteiger partial charge >= 0.3 is 0 Å². The lowest BCUT2D eigenvalue weighted by Crippen LogP contribution is -2.89. The first-order valence-electron chi connectivity index (χ1n) is 7.25. The highest BCUT2D eigenvalue weighted by Crippen LogP contribution is 2.13. The van der Waals surface area contributed by atoms with Crippen molar-refractivity contribution in [1.82, 2.24) is 5.32 Å². The fourth-order valence-electron chi connectivity index (χ4n) is 2.14. The van der Waals surface area contributed by atoms with Crippen molar-refractivity contribution >= 4 is 17.5 Å². The third kappa shape index (κ3) is 4.89. The highest BCUT2D eigenvalue weighted by atomic mass is 19.1.